The molecule has 1 aromatic heterocycles. The number of aromatic nitrogens is 1. The van der Waals surface area contributed by atoms with Crippen LogP contribution in [0.4, 0.5) is 0 Å². The number of likely N-dealkylation sites (tertiary alicyclic amines) is 1. The van der Waals surface area contributed by atoms with Crippen molar-refractivity contribution in [1.29, 1.82) is 0 Å². The molecule has 0 aliphatic carbocycles. The van der Waals surface area contributed by atoms with Crippen LogP contribution in [-0.2, 0) is 0 Å². The minimum absolute atomic E-state index is 0.111. The second-order valence-electron chi connectivity index (χ2n) is 8.16. The molecule has 3 aromatic rings. The smallest absolute Gasteiger partial charge is 0.271 e. The third-order valence-electron chi connectivity index (χ3n) is 5.76. The fourth-order valence-corrected chi connectivity index (χ4v) is 5.08. The van der Waals surface area contributed by atoms with Crippen LogP contribution in [0.15, 0.2) is 54.6 Å². The summed E-state index contributed by atoms with van der Waals surface area (Å²) in [6.07, 6.45) is 3.39. The molecule has 0 bridgehead atoms. The predicted molar refractivity (Wildman–Crippen MR) is 130 cm³/mol. The van der Waals surface area contributed by atoms with Crippen molar-refractivity contribution in [2.75, 3.05) is 26.2 Å². The summed E-state index contributed by atoms with van der Waals surface area (Å²) in [4.78, 5) is 21.1. The summed E-state index contributed by atoms with van der Waals surface area (Å²) >= 11 is 1.56. The minimum atomic E-state index is -0.111. The fourth-order valence-electron chi connectivity index (χ4n) is 4.16. The van der Waals surface area contributed by atoms with E-state index in [1.165, 1.54) is 18.4 Å². The lowest BCUT2D eigenvalue weighted by Gasteiger charge is -2.28. The van der Waals surface area contributed by atoms with E-state index in [1.807, 2.05) is 49.4 Å². The molecule has 0 spiro atoms. The van der Waals surface area contributed by atoms with Crippen LogP contribution < -0.4 is 10.1 Å². The van der Waals surface area contributed by atoms with Crippen molar-refractivity contribution in [3.8, 4) is 16.2 Å². The number of ether oxygens (including phenoxy) is 1. The molecular weight excluding hydrogens is 418 g/mol. The number of thiazole rings is 1. The van der Waals surface area contributed by atoms with E-state index < -0.39 is 0 Å². The van der Waals surface area contributed by atoms with Gasteiger partial charge >= 0.3 is 0 Å². The molecule has 1 N–H and O–H groups in total. The highest BCUT2D eigenvalue weighted by atomic mass is 32.1. The molecule has 1 saturated heterocycles. The quantitative estimate of drug-likeness (QED) is 0.470. The highest BCUT2D eigenvalue weighted by Gasteiger charge is 2.25. The molecular formula is C26H31N3O2S. The average Bonchev–Trinajstić information content (AvgIpc) is 3.49. The maximum absolute atomic E-state index is 13.2. The van der Waals surface area contributed by atoms with Gasteiger partial charge in [0.15, 0.2) is 0 Å². The van der Waals surface area contributed by atoms with Crippen LogP contribution in [0.1, 0.15) is 53.3 Å². The van der Waals surface area contributed by atoms with E-state index in [-0.39, 0.29) is 11.9 Å². The normalized spacial score (nSPS) is 14.9. The van der Waals surface area contributed by atoms with Crippen molar-refractivity contribution < 1.29 is 9.53 Å². The van der Waals surface area contributed by atoms with Gasteiger partial charge < -0.3 is 10.1 Å². The Labute approximate surface area is 194 Å². The zero-order chi connectivity index (χ0) is 22.3. The molecule has 1 fully saturated rings. The third kappa shape index (κ3) is 5.37. The Hall–Kier alpha value is -2.70. The van der Waals surface area contributed by atoms with Gasteiger partial charge in [0, 0.05) is 6.54 Å². The largest absolute Gasteiger partial charge is 0.494 e. The molecule has 1 atom stereocenters. The van der Waals surface area contributed by atoms with E-state index in [1.54, 1.807) is 11.3 Å². The molecule has 168 valence electrons. The van der Waals surface area contributed by atoms with E-state index in [4.69, 9.17) is 4.74 Å². The first-order chi connectivity index (χ1) is 15.7. The highest BCUT2D eigenvalue weighted by Crippen LogP contribution is 2.31. The third-order valence-corrected chi connectivity index (χ3v) is 6.78. The Bertz CT molecular complexity index is 1010. The lowest BCUT2D eigenvalue weighted by Crippen LogP contribution is -2.37. The number of amides is 1. The second kappa shape index (κ2) is 10.7. The Morgan fingerprint density at radius 1 is 1.12 bits per heavy atom. The number of nitrogens with zero attached hydrogens (tertiary/aromatic N) is 2. The van der Waals surface area contributed by atoms with Gasteiger partial charge in [-0.2, -0.15) is 0 Å². The van der Waals surface area contributed by atoms with Crippen molar-refractivity contribution >= 4 is 17.2 Å². The van der Waals surface area contributed by atoms with Gasteiger partial charge in [-0.05, 0) is 62.5 Å². The molecule has 4 rings (SSSR count). The van der Waals surface area contributed by atoms with Crippen molar-refractivity contribution in [1.82, 2.24) is 15.2 Å². The molecule has 1 unspecified atom stereocenters. The van der Waals surface area contributed by atoms with E-state index >= 15 is 0 Å². The zero-order valence-corrected chi connectivity index (χ0v) is 19.7. The van der Waals surface area contributed by atoms with Crippen LogP contribution in [0, 0.1) is 6.92 Å². The number of carbonyl (C=O) groups excluding carboxylic acids is 1. The minimum Gasteiger partial charge on any atom is -0.494 e. The van der Waals surface area contributed by atoms with Crippen molar-refractivity contribution in [2.45, 2.75) is 39.2 Å². The monoisotopic (exact) mass is 449 g/mol. The summed E-state index contributed by atoms with van der Waals surface area (Å²) in [6, 6.07) is 18.5. The first-order valence-electron chi connectivity index (χ1n) is 11.4. The topological polar surface area (TPSA) is 54.5 Å². The molecule has 0 saturated carbocycles. The number of carbonyl (C=O) groups is 1. The molecule has 6 heteroatoms. The van der Waals surface area contributed by atoms with Crippen molar-refractivity contribution in [3.05, 3.63) is 70.9 Å². The Morgan fingerprint density at radius 3 is 2.53 bits per heavy atom. The summed E-state index contributed by atoms with van der Waals surface area (Å²) in [7, 11) is 0. The number of rotatable bonds is 9. The van der Waals surface area contributed by atoms with E-state index in [9.17, 15) is 4.79 Å². The van der Waals surface area contributed by atoms with Gasteiger partial charge in [0.1, 0.15) is 11.4 Å². The van der Waals surface area contributed by atoms with Gasteiger partial charge in [-0.1, -0.05) is 49.4 Å². The van der Waals surface area contributed by atoms with Crippen molar-refractivity contribution in [2.24, 2.45) is 0 Å². The zero-order valence-electron chi connectivity index (χ0n) is 18.8. The first kappa shape index (κ1) is 22.5. The number of nitrogens with one attached hydrogen (secondary N) is 1. The molecule has 2 aromatic carbocycles. The Morgan fingerprint density at radius 2 is 1.84 bits per heavy atom. The summed E-state index contributed by atoms with van der Waals surface area (Å²) in [5.74, 6) is 0.783. The van der Waals surface area contributed by atoms with E-state index in [0.29, 0.717) is 12.2 Å². The first-order valence-corrected chi connectivity index (χ1v) is 12.2. The van der Waals surface area contributed by atoms with E-state index in [2.05, 4.69) is 34.3 Å². The Kier molecular flexibility index (Phi) is 7.55. The van der Waals surface area contributed by atoms with Gasteiger partial charge in [-0.25, -0.2) is 4.98 Å². The predicted octanol–water partition coefficient (Wildman–Crippen LogP) is 5.47. The summed E-state index contributed by atoms with van der Waals surface area (Å²) in [5.41, 5.74) is 2.75. The van der Waals surface area contributed by atoms with Gasteiger partial charge in [0.25, 0.3) is 5.91 Å². The highest BCUT2D eigenvalue weighted by molar-refractivity contribution is 7.15. The second-order valence-corrected chi connectivity index (χ2v) is 9.37. The fraction of sp³-hybridized carbons (Fsp3) is 0.385. The number of hydrogen-bond donors (Lipinski definition) is 1. The average molecular weight is 450 g/mol. The van der Waals surface area contributed by atoms with Crippen LogP contribution in [-0.4, -0.2) is 42.0 Å². The Balaban J connectivity index is 1.50. The summed E-state index contributed by atoms with van der Waals surface area (Å²) in [6.45, 7) is 7.44. The van der Waals surface area contributed by atoms with Crippen LogP contribution in [0.25, 0.3) is 10.4 Å². The molecule has 1 amide bonds. The molecule has 32 heavy (non-hydrogen) atoms. The van der Waals surface area contributed by atoms with E-state index in [0.717, 1.165) is 47.3 Å². The lowest BCUT2D eigenvalue weighted by molar-refractivity contribution is 0.0934. The molecule has 5 nitrogen and oxygen atoms in total. The molecule has 0 radical (unpaired) electrons. The maximum atomic E-state index is 13.2. The lowest BCUT2D eigenvalue weighted by atomic mass is 10.0. The van der Waals surface area contributed by atoms with Gasteiger partial charge in [-0.15, -0.1) is 11.3 Å². The van der Waals surface area contributed by atoms with Crippen LogP contribution in [0.3, 0.4) is 0 Å². The standard InChI is InChI=1S/C26H31N3O2S/c1-3-17-31-22-13-11-20(12-14-22)23(29-15-7-8-16-29)18-27-26(30)24-25(32-19(2)28-24)21-9-5-4-6-10-21/h4-6,9-14,23H,3,7-8,15-18H2,1-2H3,(H,27,30). The number of hydrogen-bond acceptors (Lipinski definition) is 5. The van der Waals surface area contributed by atoms with Gasteiger partial charge in [0.2, 0.25) is 0 Å². The van der Waals surface area contributed by atoms with Gasteiger partial charge in [0.05, 0.1) is 22.5 Å². The van der Waals surface area contributed by atoms with Crippen LogP contribution in [0.2, 0.25) is 0 Å². The molecule has 1 aliphatic heterocycles. The SMILES string of the molecule is CCCOc1ccc(C(CNC(=O)c2nc(C)sc2-c2ccccc2)N2CCCC2)cc1. The van der Waals surface area contributed by atoms with Crippen LogP contribution in [0.5, 0.6) is 5.75 Å². The van der Waals surface area contributed by atoms with Crippen molar-refractivity contribution in [3.63, 3.8) is 0 Å². The maximum Gasteiger partial charge on any atom is 0.271 e. The summed E-state index contributed by atoms with van der Waals surface area (Å²) in [5, 5.41) is 4.08. The molecule has 2 heterocycles. The van der Waals surface area contributed by atoms with Crippen LogP contribution >= 0.6 is 11.3 Å². The molecule has 1 aliphatic rings. The number of aryl methyl sites for hydroxylation is 1. The number of benzene rings is 2. The summed E-state index contributed by atoms with van der Waals surface area (Å²) < 4.78 is 5.74. The van der Waals surface area contributed by atoms with Gasteiger partial charge in [-0.3, -0.25) is 9.69 Å².